The van der Waals surface area contributed by atoms with Crippen LogP contribution in [0.4, 0.5) is 4.39 Å². The molecular formula is C17H14Cl2FN3O. The van der Waals surface area contributed by atoms with Gasteiger partial charge >= 0.3 is 0 Å². The zero-order chi connectivity index (χ0) is 17.6. The molecule has 0 fully saturated rings. The number of aliphatic hydroxyl groups excluding tert-OH is 1. The number of aliphatic hydroxyl groups is 1. The van der Waals surface area contributed by atoms with Crippen molar-refractivity contribution in [2.75, 3.05) is 0 Å². The number of rotatable bonds is 2. The lowest BCUT2D eigenvalue weighted by atomic mass is 9.96. The number of fused-ring (bicyclic) bond motifs is 1. The SMILES string of the molecule is Cc1nc2c(F)cc(-c3nc(Cl)ncc3Cl)cc2c(C)c1C(C)O. The van der Waals surface area contributed by atoms with Crippen molar-refractivity contribution >= 4 is 34.1 Å². The van der Waals surface area contributed by atoms with Gasteiger partial charge in [0.05, 0.1) is 23.0 Å². The van der Waals surface area contributed by atoms with Crippen LogP contribution >= 0.6 is 23.2 Å². The first-order valence-electron chi connectivity index (χ1n) is 7.26. The van der Waals surface area contributed by atoms with E-state index >= 15 is 0 Å². The molecule has 1 N–H and O–H groups in total. The third-order valence-corrected chi connectivity index (χ3v) is 4.41. The molecule has 0 saturated heterocycles. The molecule has 0 bridgehead atoms. The fourth-order valence-electron chi connectivity index (χ4n) is 2.94. The summed E-state index contributed by atoms with van der Waals surface area (Å²) >= 11 is 11.9. The molecular weight excluding hydrogens is 352 g/mol. The highest BCUT2D eigenvalue weighted by molar-refractivity contribution is 6.33. The molecule has 3 rings (SSSR count). The minimum absolute atomic E-state index is 0.0262. The summed E-state index contributed by atoms with van der Waals surface area (Å²) in [6.45, 7) is 5.24. The third kappa shape index (κ3) is 2.83. The van der Waals surface area contributed by atoms with Crippen LogP contribution in [-0.4, -0.2) is 20.1 Å². The number of pyridine rings is 1. The van der Waals surface area contributed by atoms with Crippen LogP contribution in [0.5, 0.6) is 0 Å². The minimum atomic E-state index is -0.703. The van der Waals surface area contributed by atoms with E-state index in [1.165, 1.54) is 12.3 Å². The minimum Gasteiger partial charge on any atom is -0.389 e. The van der Waals surface area contributed by atoms with Gasteiger partial charge in [0.2, 0.25) is 5.28 Å². The lowest BCUT2D eigenvalue weighted by molar-refractivity contribution is 0.197. The molecule has 2 aromatic heterocycles. The van der Waals surface area contributed by atoms with E-state index in [1.54, 1.807) is 19.9 Å². The predicted octanol–water partition coefficient (Wildman–Crippen LogP) is 4.81. The lowest BCUT2D eigenvalue weighted by Gasteiger charge is -2.16. The van der Waals surface area contributed by atoms with E-state index in [0.717, 1.165) is 5.56 Å². The van der Waals surface area contributed by atoms with Crippen LogP contribution in [0.2, 0.25) is 10.3 Å². The normalized spacial score (nSPS) is 12.6. The summed E-state index contributed by atoms with van der Waals surface area (Å²) in [4.78, 5) is 12.2. The number of aromatic nitrogens is 3. The highest BCUT2D eigenvalue weighted by Gasteiger charge is 2.18. The van der Waals surface area contributed by atoms with Crippen molar-refractivity contribution in [2.24, 2.45) is 0 Å². The molecule has 1 atom stereocenters. The zero-order valence-corrected chi connectivity index (χ0v) is 14.7. The number of nitrogens with zero attached hydrogens (tertiary/aromatic N) is 3. The first kappa shape index (κ1) is 17.0. The van der Waals surface area contributed by atoms with E-state index < -0.39 is 11.9 Å². The number of hydrogen-bond donors (Lipinski definition) is 1. The van der Waals surface area contributed by atoms with Crippen molar-refractivity contribution in [2.45, 2.75) is 26.9 Å². The highest BCUT2D eigenvalue weighted by Crippen LogP contribution is 2.34. The Bertz CT molecular complexity index is 960. The second-order valence-corrected chi connectivity index (χ2v) is 6.35. The van der Waals surface area contributed by atoms with E-state index in [4.69, 9.17) is 23.2 Å². The topological polar surface area (TPSA) is 58.9 Å². The Kier molecular flexibility index (Phi) is 4.42. The zero-order valence-electron chi connectivity index (χ0n) is 13.2. The number of hydrogen-bond acceptors (Lipinski definition) is 4. The van der Waals surface area contributed by atoms with Gasteiger partial charge in [0.15, 0.2) is 0 Å². The molecule has 1 aromatic carbocycles. The monoisotopic (exact) mass is 365 g/mol. The molecule has 0 aliphatic heterocycles. The summed E-state index contributed by atoms with van der Waals surface area (Å²) in [5, 5.41) is 10.9. The fourth-order valence-corrected chi connectivity index (χ4v) is 3.28. The quantitative estimate of drug-likeness (QED) is 0.662. The van der Waals surface area contributed by atoms with Gasteiger partial charge in [0.1, 0.15) is 11.3 Å². The largest absolute Gasteiger partial charge is 0.389 e. The maximum Gasteiger partial charge on any atom is 0.222 e. The van der Waals surface area contributed by atoms with Crippen LogP contribution in [0.25, 0.3) is 22.2 Å². The maximum atomic E-state index is 14.6. The Labute approximate surface area is 148 Å². The molecule has 0 aliphatic rings. The first-order chi connectivity index (χ1) is 11.3. The molecule has 0 saturated carbocycles. The van der Waals surface area contributed by atoms with Crippen molar-refractivity contribution in [3.05, 3.63) is 51.3 Å². The van der Waals surface area contributed by atoms with Gasteiger partial charge in [-0.05, 0) is 50.1 Å². The molecule has 0 amide bonds. The van der Waals surface area contributed by atoms with E-state index in [2.05, 4.69) is 15.0 Å². The average molecular weight is 366 g/mol. The number of aryl methyl sites for hydroxylation is 2. The van der Waals surface area contributed by atoms with Gasteiger partial charge in [-0.15, -0.1) is 0 Å². The van der Waals surface area contributed by atoms with E-state index in [9.17, 15) is 9.50 Å². The Morgan fingerprint density at radius 2 is 1.88 bits per heavy atom. The van der Waals surface area contributed by atoms with Crippen molar-refractivity contribution in [1.82, 2.24) is 15.0 Å². The number of benzene rings is 1. The summed E-state index contributed by atoms with van der Waals surface area (Å²) in [5.41, 5.74) is 3.12. The smallest absolute Gasteiger partial charge is 0.222 e. The van der Waals surface area contributed by atoms with Gasteiger partial charge in [-0.3, -0.25) is 0 Å². The first-order valence-corrected chi connectivity index (χ1v) is 8.02. The van der Waals surface area contributed by atoms with Crippen LogP contribution in [0.1, 0.15) is 29.8 Å². The Hall–Kier alpha value is -1.82. The molecule has 7 heteroatoms. The Balaban J connectivity index is 2.35. The van der Waals surface area contributed by atoms with E-state index in [1.807, 2.05) is 6.92 Å². The molecule has 0 radical (unpaired) electrons. The molecule has 3 aromatic rings. The molecule has 0 aliphatic carbocycles. The van der Waals surface area contributed by atoms with E-state index in [0.29, 0.717) is 27.9 Å². The fraction of sp³-hybridized carbons (Fsp3) is 0.235. The van der Waals surface area contributed by atoms with Gasteiger partial charge in [-0.25, -0.2) is 19.3 Å². The summed E-state index contributed by atoms with van der Waals surface area (Å²) in [7, 11) is 0. The Morgan fingerprint density at radius 3 is 2.54 bits per heavy atom. The molecule has 1 unspecified atom stereocenters. The van der Waals surface area contributed by atoms with Gasteiger partial charge in [0.25, 0.3) is 0 Å². The summed E-state index contributed by atoms with van der Waals surface area (Å²) in [6.07, 6.45) is 0.668. The van der Waals surface area contributed by atoms with Gasteiger partial charge < -0.3 is 5.11 Å². The van der Waals surface area contributed by atoms with Crippen LogP contribution in [0.15, 0.2) is 18.3 Å². The molecule has 0 spiro atoms. The molecule has 4 nitrogen and oxygen atoms in total. The van der Waals surface area contributed by atoms with Crippen LogP contribution < -0.4 is 0 Å². The number of halogens is 3. The lowest BCUT2D eigenvalue weighted by Crippen LogP contribution is -2.04. The standard InChI is InChI=1S/C17H14Cl2FN3O/c1-7-11-4-10(15-12(18)6-21-17(19)23-15)5-13(20)16(11)22-8(2)14(7)9(3)24/h4-6,9,24H,1-3H3. The molecule has 124 valence electrons. The van der Waals surface area contributed by atoms with Crippen LogP contribution in [0.3, 0.4) is 0 Å². The van der Waals surface area contributed by atoms with Crippen molar-refractivity contribution in [3.8, 4) is 11.3 Å². The van der Waals surface area contributed by atoms with Gasteiger partial charge in [-0.1, -0.05) is 11.6 Å². The molecule has 24 heavy (non-hydrogen) atoms. The van der Waals surface area contributed by atoms with Gasteiger partial charge in [-0.2, -0.15) is 0 Å². The Morgan fingerprint density at radius 1 is 1.17 bits per heavy atom. The molecule has 2 heterocycles. The predicted molar refractivity (Wildman–Crippen MR) is 92.9 cm³/mol. The van der Waals surface area contributed by atoms with Crippen molar-refractivity contribution < 1.29 is 9.50 Å². The second kappa shape index (κ2) is 6.24. The summed E-state index contributed by atoms with van der Waals surface area (Å²) in [6, 6.07) is 3.07. The van der Waals surface area contributed by atoms with Crippen molar-refractivity contribution in [3.63, 3.8) is 0 Å². The van der Waals surface area contributed by atoms with E-state index in [-0.39, 0.29) is 15.8 Å². The van der Waals surface area contributed by atoms with Crippen molar-refractivity contribution in [1.29, 1.82) is 0 Å². The summed E-state index contributed by atoms with van der Waals surface area (Å²) in [5.74, 6) is -0.489. The second-order valence-electron chi connectivity index (χ2n) is 5.60. The maximum absolute atomic E-state index is 14.6. The third-order valence-electron chi connectivity index (χ3n) is 3.95. The average Bonchev–Trinajstić information content (AvgIpc) is 2.50. The van der Waals surface area contributed by atoms with Crippen LogP contribution in [-0.2, 0) is 0 Å². The highest BCUT2D eigenvalue weighted by atomic mass is 35.5. The van der Waals surface area contributed by atoms with Crippen LogP contribution in [0, 0.1) is 19.7 Å². The van der Waals surface area contributed by atoms with Gasteiger partial charge in [0, 0.05) is 22.2 Å². The summed E-state index contributed by atoms with van der Waals surface area (Å²) < 4.78 is 14.6.